The summed E-state index contributed by atoms with van der Waals surface area (Å²) in [5, 5.41) is 12.1. The second-order valence-electron chi connectivity index (χ2n) is 4.13. The van der Waals surface area contributed by atoms with Gasteiger partial charge in [-0.2, -0.15) is 0 Å². The molecule has 1 aliphatic rings. The SMILES string of the molecule is CCC(=CCNC1(C)CCOC1)C(=O)O. The predicted molar refractivity (Wildman–Crippen MR) is 57.9 cm³/mol. The zero-order valence-electron chi connectivity index (χ0n) is 9.38. The highest BCUT2D eigenvalue weighted by Gasteiger charge is 2.28. The Labute approximate surface area is 90.3 Å². The average Bonchev–Trinajstić information content (AvgIpc) is 2.60. The van der Waals surface area contributed by atoms with E-state index in [4.69, 9.17) is 9.84 Å². The maximum absolute atomic E-state index is 10.7. The quantitative estimate of drug-likeness (QED) is 0.673. The van der Waals surface area contributed by atoms with Crippen molar-refractivity contribution >= 4 is 5.97 Å². The Kier molecular flexibility index (Phi) is 4.29. The van der Waals surface area contributed by atoms with Gasteiger partial charge in [0.05, 0.1) is 6.61 Å². The van der Waals surface area contributed by atoms with Crippen molar-refractivity contribution in [2.24, 2.45) is 0 Å². The molecule has 0 aliphatic carbocycles. The van der Waals surface area contributed by atoms with E-state index in [2.05, 4.69) is 12.2 Å². The van der Waals surface area contributed by atoms with Gasteiger partial charge < -0.3 is 15.2 Å². The van der Waals surface area contributed by atoms with Gasteiger partial charge in [-0.25, -0.2) is 4.79 Å². The smallest absolute Gasteiger partial charge is 0.331 e. The number of carboxylic acids is 1. The summed E-state index contributed by atoms with van der Waals surface area (Å²) < 4.78 is 5.29. The van der Waals surface area contributed by atoms with E-state index < -0.39 is 5.97 Å². The zero-order valence-corrected chi connectivity index (χ0v) is 9.38. The summed E-state index contributed by atoms with van der Waals surface area (Å²) in [6.45, 7) is 6.03. The molecule has 1 atom stereocenters. The van der Waals surface area contributed by atoms with Crippen LogP contribution in [0.15, 0.2) is 11.6 Å². The van der Waals surface area contributed by atoms with Gasteiger partial charge in [-0.1, -0.05) is 13.0 Å². The summed E-state index contributed by atoms with van der Waals surface area (Å²) in [6, 6.07) is 0. The number of aliphatic carboxylic acids is 1. The lowest BCUT2D eigenvalue weighted by Gasteiger charge is -2.22. The van der Waals surface area contributed by atoms with Crippen molar-refractivity contribution in [3.63, 3.8) is 0 Å². The molecular weight excluding hydrogens is 194 g/mol. The fourth-order valence-electron chi connectivity index (χ4n) is 1.61. The monoisotopic (exact) mass is 213 g/mol. The van der Waals surface area contributed by atoms with E-state index in [0.29, 0.717) is 25.1 Å². The van der Waals surface area contributed by atoms with Gasteiger partial charge in [0, 0.05) is 24.3 Å². The van der Waals surface area contributed by atoms with E-state index in [-0.39, 0.29) is 5.54 Å². The first-order valence-electron chi connectivity index (χ1n) is 5.32. The number of ether oxygens (including phenoxy) is 1. The highest BCUT2D eigenvalue weighted by atomic mass is 16.5. The molecule has 0 bridgehead atoms. The fourth-order valence-corrected chi connectivity index (χ4v) is 1.61. The van der Waals surface area contributed by atoms with Gasteiger partial charge in [0.2, 0.25) is 0 Å². The van der Waals surface area contributed by atoms with Crippen LogP contribution in [0.1, 0.15) is 26.7 Å². The van der Waals surface area contributed by atoms with Crippen LogP contribution >= 0.6 is 0 Å². The third-order valence-corrected chi connectivity index (χ3v) is 2.75. The van der Waals surface area contributed by atoms with E-state index in [1.807, 2.05) is 6.92 Å². The van der Waals surface area contributed by atoms with Gasteiger partial charge in [0.15, 0.2) is 0 Å². The third-order valence-electron chi connectivity index (χ3n) is 2.75. The van der Waals surface area contributed by atoms with Crippen LogP contribution in [0.3, 0.4) is 0 Å². The molecular formula is C11H19NO3. The Bertz CT molecular complexity index is 255. The van der Waals surface area contributed by atoms with E-state index in [0.717, 1.165) is 13.0 Å². The van der Waals surface area contributed by atoms with E-state index in [1.54, 1.807) is 6.08 Å². The zero-order chi connectivity index (χ0) is 11.3. The van der Waals surface area contributed by atoms with Gasteiger partial charge in [-0.05, 0) is 19.8 Å². The molecule has 0 aromatic carbocycles. The van der Waals surface area contributed by atoms with Gasteiger partial charge in [0.25, 0.3) is 0 Å². The van der Waals surface area contributed by atoms with E-state index in [1.165, 1.54) is 0 Å². The van der Waals surface area contributed by atoms with Crippen LogP contribution in [0.5, 0.6) is 0 Å². The Hall–Kier alpha value is -0.870. The average molecular weight is 213 g/mol. The number of carbonyl (C=O) groups is 1. The third kappa shape index (κ3) is 3.64. The molecule has 4 heteroatoms. The molecule has 86 valence electrons. The molecule has 0 aromatic rings. The van der Waals surface area contributed by atoms with Gasteiger partial charge in [-0.3, -0.25) is 0 Å². The minimum atomic E-state index is -0.827. The Morgan fingerprint density at radius 1 is 1.67 bits per heavy atom. The molecule has 4 nitrogen and oxygen atoms in total. The van der Waals surface area contributed by atoms with E-state index >= 15 is 0 Å². The second kappa shape index (κ2) is 5.28. The maximum atomic E-state index is 10.7. The van der Waals surface area contributed by atoms with Crippen molar-refractivity contribution in [2.45, 2.75) is 32.2 Å². The minimum absolute atomic E-state index is 0.00779. The van der Waals surface area contributed by atoms with E-state index in [9.17, 15) is 4.79 Å². The van der Waals surface area contributed by atoms with Crippen molar-refractivity contribution in [3.8, 4) is 0 Å². The summed E-state index contributed by atoms with van der Waals surface area (Å²) in [5.41, 5.74) is 0.471. The molecule has 0 saturated carbocycles. The van der Waals surface area contributed by atoms with Gasteiger partial charge >= 0.3 is 5.97 Å². The lowest BCUT2D eigenvalue weighted by atomic mass is 10.0. The van der Waals surface area contributed by atoms with Crippen molar-refractivity contribution in [1.82, 2.24) is 5.32 Å². The summed E-state index contributed by atoms with van der Waals surface area (Å²) in [6.07, 6.45) is 3.28. The van der Waals surface area contributed by atoms with Gasteiger partial charge in [0.1, 0.15) is 0 Å². The summed E-state index contributed by atoms with van der Waals surface area (Å²) in [4.78, 5) is 10.7. The van der Waals surface area contributed by atoms with Crippen molar-refractivity contribution in [3.05, 3.63) is 11.6 Å². The molecule has 1 unspecified atom stereocenters. The highest BCUT2D eigenvalue weighted by molar-refractivity contribution is 5.86. The van der Waals surface area contributed by atoms with Gasteiger partial charge in [-0.15, -0.1) is 0 Å². The van der Waals surface area contributed by atoms with Crippen molar-refractivity contribution in [1.29, 1.82) is 0 Å². The molecule has 1 fully saturated rings. The van der Waals surface area contributed by atoms with Crippen molar-refractivity contribution in [2.75, 3.05) is 19.8 Å². The maximum Gasteiger partial charge on any atom is 0.331 e. The molecule has 0 aromatic heterocycles. The molecule has 0 radical (unpaired) electrons. The Morgan fingerprint density at radius 3 is 2.87 bits per heavy atom. The standard InChI is InChI=1S/C11H19NO3/c1-3-9(10(13)14)4-6-12-11(2)5-7-15-8-11/h4,12H,3,5-8H2,1-2H3,(H,13,14). The Balaban J connectivity index is 2.39. The first-order chi connectivity index (χ1) is 7.07. The normalized spacial score (nSPS) is 26.9. The van der Waals surface area contributed by atoms with Crippen LogP contribution in [0.25, 0.3) is 0 Å². The molecule has 1 aliphatic heterocycles. The molecule has 1 saturated heterocycles. The number of nitrogens with one attached hydrogen (secondary N) is 1. The topological polar surface area (TPSA) is 58.6 Å². The molecule has 0 amide bonds. The molecule has 0 spiro atoms. The first-order valence-corrected chi connectivity index (χ1v) is 5.32. The number of rotatable bonds is 5. The predicted octanol–water partition coefficient (Wildman–Crippen LogP) is 1.18. The number of carboxylic acid groups (broad SMARTS) is 1. The Morgan fingerprint density at radius 2 is 2.40 bits per heavy atom. The van der Waals surface area contributed by atoms with Crippen LogP contribution < -0.4 is 5.32 Å². The fraction of sp³-hybridized carbons (Fsp3) is 0.727. The van der Waals surface area contributed by atoms with Crippen LogP contribution in [0, 0.1) is 0 Å². The second-order valence-corrected chi connectivity index (χ2v) is 4.13. The largest absolute Gasteiger partial charge is 0.478 e. The summed E-state index contributed by atoms with van der Waals surface area (Å²) in [7, 11) is 0. The lowest BCUT2D eigenvalue weighted by Crippen LogP contribution is -2.42. The molecule has 2 N–H and O–H groups in total. The summed E-state index contributed by atoms with van der Waals surface area (Å²) >= 11 is 0. The number of hydrogen-bond acceptors (Lipinski definition) is 3. The highest BCUT2D eigenvalue weighted by Crippen LogP contribution is 2.17. The molecule has 1 heterocycles. The first kappa shape index (κ1) is 12.2. The number of hydrogen-bond donors (Lipinski definition) is 2. The van der Waals surface area contributed by atoms with Crippen LogP contribution in [0.2, 0.25) is 0 Å². The van der Waals surface area contributed by atoms with Crippen molar-refractivity contribution < 1.29 is 14.6 Å². The summed E-state index contributed by atoms with van der Waals surface area (Å²) in [5.74, 6) is -0.827. The minimum Gasteiger partial charge on any atom is -0.478 e. The lowest BCUT2D eigenvalue weighted by molar-refractivity contribution is -0.132. The van der Waals surface area contributed by atoms with Crippen LogP contribution in [-0.4, -0.2) is 36.4 Å². The molecule has 1 rings (SSSR count). The molecule has 15 heavy (non-hydrogen) atoms. The van der Waals surface area contributed by atoms with Crippen LogP contribution in [0.4, 0.5) is 0 Å². The van der Waals surface area contributed by atoms with Crippen LogP contribution in [-0.2, 0) is 9.53 Å².